The van der Waals surface area contributed by atoms with Crippen LogP contribution in [0, 0.1) is 0 Å². The van der Waals surface area contributed by atoms with Crippen LogP contribution in [0.1, 0.15) is 18.4 Å². The predicted octanol–water partition coefficient (Wildman–Crippen LogP) is 1.87. The molecule has 142 valence electrons. The molecule has 6 nitrogen and oxygen atoms in total. The van der Waals surface area contributed by atoms with E-state index in [0.717, 1.165) is 19.2 Å². The fourth-order valence-corrected chi connectivity index (χ4v) is 2.88. The molecular weight excluding hydrogens is 353 g/mol. The van der Waals surface area contributed by atoms with Crippen molar-refractivity contribution < 1.29 is 32.3 Å². The van der Waals surface area contributed by atoms with Crippen LogP contribution in [-0.2, 0) is 25.3 Å². The number of methoxy groups -OCH3 is 1. The van der Waals surface area contributed by atoms with Crippen LogP contribution in [0.3, 0.4) is 0 Å². The molecule has 2 rings (SSSR count). The van der Waals surface area contributed by atoms with Crippen molar-refractivity contribution in [1.82, 2.24) is 4.90 Å². The van der Waals surface area contributed by atoms with Crippen molar-refractivity contribution in [3.05, 3.63) is 29.8 Å². The molecule has 0 bridgehead atoms. The van der Waals surface area contributed by atoms with E-state index in [9.17, 15) is 27.6 Å². The average molecular weight is 372 g/mol. The lowest BCUT2D eigenvalue weighted by molar-refractivity contribution is -0.153. The molecule has 1 aromatic carbocycles. The van der Waals surface area contributed by atoms with E-state index in [1.54, 1.807) is 11.0 Å². The highest BCUT2D eigenvalue weighted by molar-refractivity contribution is 5.86. The van der Waals surface area contributed by atoms with E-state index >= 15 is 0 Å². The van der Waals surface area contributed by atoms with Crippen molar-refractivity contribution in [1.29, 1.82) is 0 Å². The molecule has 0 aromatic heterocycles. The Hall–Kier alpha value is -2.58. The Bertz CT molecular complexity index is 678. The smallest absolute Gasteiger partial charge is 0.416 e. The van der Waals surface area contributed by atoms with Gasteiger partial charge in [0.2, 0.25) is 5.91 Å². The Kier molecular flexibility index (Phi) is 6.23. The molecule has 1 aliphatic heterocycles. The normalized spacial score (nSPS) is 16.8. The molecule has 1 atom stereocenters. The molecule has 0 saturated carbocycles. The van der Waals surface area contributed by atoms with Crippen LogP contribution in [0.2, 0.25) is 0 Å². The number of rotatable bonds is 5. The van der Waals surface area contributed by atoms with Crippen LogP contribution in [-0.4, -0.2) is 55.8 Å². The highest BCUT2D eigenvalue weighted by Gasteiger charge is 2.34. The second-order valence-electron chi connectivity index (χ2n) is 5.81. The van der Waals surface area contributed by atoms with Gasteiger partial charge >= 0.3 is 12.1 Å². The molecule has 0 spiro atoms. The topological polar surface area (TPSA) is 66.9 Å². The third kappa shape index (κ3) is 4.53. The first-order valence-electron chi connectivity index (χ1n) is 8.01. The second-order valence-corrected chi connectivity index (χ2v) is 5.81. The predicted molar refractivity (Wildman–Crippen MR) is 86.5 cm³/mol. The zero-order chi connectivity index (χ0) is 19.3. The molecule has 0 radical (unpaired) electrons. The van der Waals surface area contributed by atoms with E-state index in [-0.39, 0.29) is 38.4 Å². The number of halogens is 3. The Balaban J connectivity index is 2.19. The SMILES string of the molecule is COC(=O)[C@H](CC=O)N1CCN(c2cccc(C(F)(F)F)c2)CCC1=O. The first-order chi connectivity index (χ1) is 12.3. The van der Waals surface area contributed by atoms with E-state index in [1.165, 1.54) is 11.0 Å². The summed E-state index contributed by atoms with van der Waals surface area (Å²) in [5.41, 5.74) is -0.421. The highest BCUT2D eigenvalue weighted by Crippen LogP contribution is 2.32. The van der Waals surface area contributed by atoms with Gasteiger partial charge in [0, 0.05) is 38.2 Å². The van der Waals surface area contributed by atoms with Crippen molar-refractivity contribution in [2.24, 2.45) is 0 Å². The van der Waals surface area contributed by atoms with Crippen LogP contribution in [0.25, 0.3) is 0 Å². The molecule has 1 heterocycles. The highest BCUT2D eigenvalue weighted by atomic mass is 19.4. The van der Waals surface area contributed by atoms with Gasteiger partial charge < -0.3 is 19.3 Å². The number of anilines is 1. The lowest BCUT2D eigenvalue weighted by Crippen LogP contribution is -2.46. The quantitative estimate of drug-likeness (QED) is 0.583. The molecule has 0 aliphatic carbocycles. The number of amides is 1. The summed E-state index contributed by atoms with van der Waals surface area (Å²) in [4.78, 5) is 37.9. The number of ether oxygens (including phenoxy) is 1. The maximum absolute atomic E-state index is 12.9. The van der Waals surface area contributed by atoms with Crippen LogP contribution < -0.4 is 4.90 Å². The monoisotopic (exact) mass is 372 g/mol. The molecule has 9 heteroatoms. The largest absolute Gasteiger partial charge is 0.467 e. The lowest BCUT2D eigenvalue weighted by atomic mass is 10.1. The van der Waals surface area contributed by atoms with Crippen molar-refractivity contribution in [3.8, 4) is 0 Å². The van der Waals surface area contributed by atoms with Gasteiger partial charge in [-0.25, -0.2) is 4.79 Å². The van der Waals surface area contributed by atoms with Gasteiger partial charge in [-0.1, -0.05) is 6.07 Å². The van der Waals surface area contributed by atoms with Gasteiger partial charge in [0.05, 0.1) is 12.7 Å². The number of alkyl halides is 3. The van der Waals surface area contributed by atoms with E-state index < -0.39 is 23.8 Å². The fourth-order valence-electron chi connectivity index (χ4n) is 2.88. The molecule has 1 aliphatic rings. The van der Waals surface area contributed by atoms with Crippen molar-refractivity contribution in [3.63, 3.8) is 0 Å². The van der Waals surface area contributed by atoms with E-state index in [0.29, 0.717) is 12.0 Å². The van der Waals surface area contributed by atoms with Crippen LogP contribution >= 0.6 is 0 Å². The zero-order valence-electron chi connectivity index (χ0n) is 14.2. The molecule has 26 heavy (non-hydrogen) atoms. The third-order valence-electron chi connectivity index (χ3n) is 4.23. The lowest BCUT2D eigenvalue weighted by Gasteiger charge is -2.28. The summed E-state index contributed by atoms with van der Waals surface area (Å²) < 4.78 is 43.3. The minimum absolute atomic E-state index is 0.0165. The van der Waals surface area contributed by atoms with Crippen molar-refractivity contribution in [2.45, 2.75) is 25.1 Å². The number of esters is 1. The fraction of sp³-hybridized carbons (Fsp3) is 0.471. The standard InChI is InChI=1S/C17H19F3N2O4/c1-26-16(25)14(6-10-23)22-9-8-21(7-5-15(22)24)13-4-2-3-12(11-13)17(18,19)20/h2-4,10-11,14H,5-9H2,1H3/t14-/m0/s1. The molecule has 0 unspecified atom stereocenters. The van der Waals surface area contributed by atoms with Gasteiger partial charge in [0.15, 0.2) is 0 Å². The molecule has 0 N–H and O–H groups in total. The van der Waals surface area contributed by atoms with Crippen LogP contribution in [0.4, 0.5) is 18.9 Å². The van der Waals surface area contributed by atoms with Gasteiger partial charge in [-0.2, -0.15) is 13.2 Å². The second kappa shape index (κ2) is 8.20. The van der Waals surface area contributed by atoms with Gasteiger partial charge in [0.1, 0.15) is 12.3 Å². The minimum Gasteiger partial charge on any atom is -0.467 e. The first kappa shape index (κ1) is 19.7. The molecule has 1 saturated heterocycles. The van der Waals surface area contributed by atoms with E-state index in [1.807, 2.05) is 0 Å². The summed E-state index contributed by atoms with van der Waals surface area (Å²) in [6, 6.07) is 3.84. The van der Waals surface area contributed by atoms with Gasteiger partial charge in [-0.15, -0.1) is 0 Å². The number of carbonyl (C=O) groups is 3. The maximum atomic E-state index is 12.9. The number of hydrogen-bond acceptors (Lipinski definition) is 5. The first-order valence-corrected chi connectivity index (χ1v) is 8.01. The third-order valence-corrected chi connectivity index (χ3v) is 4.23. The van der Waals surface area contributed by atoms with Crippen molar-refractivity contribution in [2.75, 3.05) is 31.6 Å². The van der Waals surface area contributed by atoms with Crippen LogP contribution in [0.15, 0.2) is 24.3 Å². The van der Waals surface area contributed by atoms with Gasteiger partial charge in [-0.3, -0.25) is 4.79 Å². The molecule has 1 aromatic rings. The minimum atomic E-state index is -4.45. The molecular formula is C17H19F3N2O4. The average Bonchev–Trinajstić information content (AvgIpc) is 2.80. The number of nitrogens with zero attached hydrogens (tertiary/aromatic N) is 2. The summed E-state index contributed by atoms with van der Waals surface area (Å²) in [7, 11) is 1.16. The van der Waals surface area contributed by atoms with Gasteiger partial charge in [-0.05, 0) is 18.2 Å². The zero-order valence-corrected chi connectivity index (χ0v) is 14.2. The number of hydrogen-bond donors (Lipinski definition) is 0. The Labute approximate surface area is 148 Å². The number of benzene rings is 1. The summed E-state index contributed by atoms with van der Waals surface area (Å²) in [5, 5.41) is 0. The maximum Gasteiger partial charge on any atom is 0.416 e. The summed E-state index contributed by atoms with van der Waals surface area (Å²) in [6.07, 6.45) is -4.10. The number of carbonyl (C=O) groups excluding carboxylic acids is 3. The Morgan fingerprint density at radius 3 is 2.65 bits per heavy atom. The molecule has 1 amide bonds. The van der Waals surface area contributed by atoms with E-state index in [2.05, 4.69) is 4.74 Å². The summed E-state index contributed by atoms with van der Waals surface area (Å²) >= 11 is 0. The Morgan fingerprint density at radius 1 is 1.31 bits per heavy atom. The number of aldehydes is 1. The summed E-state index contributed by atoms with van der Waals surface area (Å²) in [5.74, 6) is -1.05. The van der Waals surface area contributed by atoms with Gasteiger partial charge in [0.25, 0.3) is 0 Å². The van der Waals surface area contributed by atoms with E-state index in [4.69, 9.17) is 0 Å². The van der Waals surface area contributed by atoms with Crippen LogP contribution in [0.5, 0.6) is 0 Å². The Morgan fingerprint density at radius 2 is 2.04 bits per heavy atom. The van der Waals surface area contributed by atoms with Crippen molar-refractivity contribution >= 4 is 23.9 Å². The summed E-state index contributed by atoms with van der Waals surface area (Å²) in [6.45, 7) is 0.549. The molecule has 1 fully saturated rings.